The van der Waals surface area contributed by atoms with E-state index in [9.17, 15) is 0 Å². The van der Waals surface area contributed by atoms with Gasteiger partial charge < -0.3 is 5.32 Å². The molecule has 13 heavy (non-hydrogen) atoms. The van der Waals surface area contributed by atoms with Gasteiger partial charge in [0.25, 0.3) is 0 Å². The maximum atomic E-state index is 5.97. The zero-order valence-corrected chi connectivity index (χ0v) is 8.38. The van der Waals surface area contributed by atoms with E-state index < -0.39 is 0 Å². The maximum absolute atomic E-state index is 5.97. The fourth-order valence-corrected chi connectivity index (χ4v) is 1.70. The van der Waals surface area contributed by atoms with E-state index in [1.54, 1.807) is 6.20 Å². The number of pyridine rings is 1. The summed E-state index contributed by atoms with van der Waals surface area (Å²) in [5, 5.41) is 4.10. The molecule has 0 saturated heterocycles. The van der Waals surface area contributed by atoms with Gasteiger partial charge in [0.1, 0.15) is 5.15 Å². The van der Waals surface area contributed by atoms with E-state index in [0.717, 1.165) is 5.56 Å². The van der Waals surface area contributed by atoms with Crippen LogP contribution in [0.15, 0.2) is 18.3 Å². The van der Waals surface area contributed by atoms with E-state index in [0.29, 0.717) is 17.2 Å². The first-order valence-electron chi connectivity index (χ1n) is 4.64. The fraction of sp³-hybridized carbons (Fsp3) is 0.500. The molecule has 1 atom stereocenters. The highest BCUT2D eigenvalue weighted by Crippen LogP contribution is 2.26. The van der Waals surface area contributed by atoms with Gasteiger partial charge in [0.2, 0.25) is 0 Å². The molecule has 1 aliphatic carbocycles. The minimum Gasteiger partial charge on any atom is -0.307 e. The topological polar surface area (TPSA) is 24.9 Å². The highest BCUT2D eigenvalue weighted by atomic mass is 35.5. The molecule has 1 saturated carbocycles. The summed E-state index contributed by atoms with van der Waals surface area (Å²) in [5.41, 5.74) is 1.09. The molecular weight excluding hydrogens is 184 g/mol. The Bertz CT molecular complexity index is 297. The first-order chi connectivity index (χ1) is 6.27. The van der Waals surface area contributed by atoms with Crippen molar-refractivity contribution in [1.29, 1.82) is 0 Å². The first-order valence-corrected chi connectivity index (χ1v) is 5.01. The Morgan fingerprint density at radius 3 is 3.00 bits per heavy atom. The molecule has 1 unspecified atom stereocenters. The van der Waals surface area contributed by atoms with E-state index in [1.165, 1.54) is 12.8 Å². The normalized spacial score (nSPS) is 18.6. The highest BCUT2D eigenvalue weighted by Gasteiger charge is 2.23. The molecule has 2 nitrogen and oxygen atoms in total. The van der Waals surface area contributed by atoms with Crippen LogP contribution in [-0.2, 0) is 0 Å². The number of aromatic nitrogens is 1. The van der Waals surface area contributed by atoms with Crippen LogP contribution in [0.3, 0.4) is 0 Å². The lowest BCUT2D eigenvalue weighted by Crippen LogP contribution is -2.21. The molecule has 3 heteroatoms. The molecule has 0 aromatic carbocycles. The minimum atomic E-state index is 0.314. The second kappa shape index (κ2) is 3.64. The van der Waals surface area contributed by atoms with E-state index in [2.05, 4.69) is 17.2 Å². The molecule has 1 fully saturated rings. The molecule has 0 spiro atoms. The number of hydrogen-bond acceptors (Lipinski definition) is 2. The van der Waals surface area contributed by atoms with Crippen molar-refractivity contribution in [2.75, 3.05) is 0 Å². The van der Waals surface area contributed by atoms with Crippen LogP contribution < -0.4 is 5.32 Å². The van der Waals surface area contributed by atoms with E-state index in [-0.39, 0.29) is 0 Å². The Labute approximate surface area is 83.3 Å². The molecule has 1 N–H and O–H groups in total. The zero-order valence-electron chi connectivity index (χ0n) is 7.63. The lowest BCUT2D eigenvalue weighted by Gasteiger charge is -2.13. The fourth-order valence-electron chi connectivity index (χ4n) is 1.41. The average Bonchev–Trinajstić information content (AvgIpc) is 2.89. The Balaban J connectivity index is 2.09. The maximum Gasteiger partial charge on any atom is 0.133 e. The predicted molar refractivity (Wildman–Crippen MR) is 53.8 cm³/mol. The number of hydrogen-bond donors (Lipinski definition) is 1. The summed E-state index contributed by atoms with van der Waals surface area (Å²) in [6, 6.07) is 4.96. The Kier molecular flexibility index (Phi) is 2.51. The monoisotopic (exact) mass is 196 g/mol. The van der Waals surface area contributed by atoms with Gasteiger partial charge in [-0.2, -0.15) is 0 Å². The minimum absolute atomic E-state index is 0.314. The van der Waals surface area contributed by atoms with Gasteiger partial charge in [-0.1, -0.05) is 17.7 Å². The first kappa shape index (κ1) is 8.97. The zero-order chi connectivity index (χ0) is 9.26. The van der Waals surface area contributed by atoms with Crippen LogP contribution in [0.4, 0.5) is 0 Å². The number of nitrogens with zero attached hydrogens (tertiary/aromatic N) is 1. The molecule has 0 amide bonds. The van der Waals surface area contributed by atoms with Gasteiger partial charge in [0.05, 0.1) is 0 Å². The molecule has 1 aromatic heterocycles. The van der Waals surface area contributed by atoms with Crippen molar-refractivity contribution in [2.45, 2.75) is 31.8 Å². The largest absolute Gasteiger partial charge is 0.307 e. The number of halogens is 1. The van der Waals surface area contributed by atoms with Gasteiger partial charge in [-0.15, -0.1) is 0 Å². The van der Waals surface area contributed by atoms with E-state index in [1.807, 2.05) is 12.1 Å². The van der Waals surface area contributed by atoms with Crippen LogP contribution in [0.2, 0.25) is 5.15 Å². The number of nitrogens with one attached hydrogen (secondary N) is 1. The third-order valence-corrected chi connectivity index (χ3v) is 2.63. The molecule has 1 heterocycles. The van der Waals surface area contributed by atoms with Crippen LogP contribution in [0.25, 0.3) is 0 Å². The van der Waals surface area contributed by atoms with Crippen LogP contribution in [-0.4, -0.2) is 11.0 Å². The Morgan fingerprint density at radius 2 is 2.38 bits per heavy atom. The lowest BCUT2D eigenvalue weighted by atomic mass is 10.1. The summed E-state index contributed by atoms with van der Waals surface area (Å²) >= 11 is 5.97. The highest BCUT2D eigenvalue weighted by molar-refractivity contribution is 6.30. The summed E-state index contributed by atoms with van der Waals surface area (Å²) in [5.74, 6) is 0. The molecule has 0 aliphatic heterocycles. The van der Waals surface area contributed by atoms with Gasteiger partial charge in [-0.25, -0.2) is 4.98 Å². The summed E-state index contributed by atoms with van der Waals surface area (Å²) in [7, 11) is 0. The van der Waals surface area contributed by atoms with Crippen LogP contribution in [0.1, 0.15) is 31.4 Å². The summed E-state index contributed by atoms with van der Waals surface area (Å²) in [4.78, 5) is 4.05. The van der Waals surface area contributed by atoms with Crippen molar-refractivity contribution >= 4 is 11.6 Å². The predicted octanol–water partition coefficient (Wildman–Crippen LogP) is 2.55. The molecule has 0 bridgehead atoms. The van der Waals surface area contributed by atoms with Crippen LogP contribution >= 0.6 is 11.6 Å². The van der Waals surface area contributed by atoms with Gasteiger partial charge in [-0.3, -0.25) is 0 Å². The molecule has 70 valence electrons. The van der Waals surface area contributed by atoms with Crippen molar-refractivity contribution in [2.24, 2.45) is 0 Å². The van der Waals surface area contributed by atoms with Crippen molar-refractivity contribution in [1.82, 2.24) is 10.3 Å². The van der Waals surface area contributed by atoms with E-state index in [4.69, 9.17) is 11.6 Å². The smallest absolute Gasteiger partial charge is 0.133 e. The molecule has 2 rings (SSSR count). The van der Waals surface area contributed by atoms with E-state index >= 15 is 0 Å². The van der Waals surface area contributed by atoms with Crippen LogP contribution in [0, 0.1) is 0 Å². The average molecular weight is 197 g/mol. The van der Waals surface area contributed by atoms with Gasteiger partial charge in [0.15, 0.2) is 0 Å². The van der Waals surface area contributed by atoms with Crippen molar-refractivity contribution in [3.05, 3.63) is 29.0 Å². The molecule has 1 aromatic rings. The summed E-state index contributed by atoms with van der Waals surface area (Å²) < 4.78 is 0. The summed E-state index contributed by atoms with van der Waals surface area (Å²) in [6.07, 6.45) is 4.31. The lowest BCUT2D eigenvalue weighted by molar-refractivity contribution is 0.570. The van der Waals surface area contributed by atoms with Gasteiger partial charge in [0, 0.05) is 23.8 Å². The molecule has 1 aliphatic rings. The molecule has 0 radical (unpaired) electrons. The summed E-state index contributed by atoms with van der Waals surface area (Å²) in [6.45, 7) is 2.13. The van der Waals surface area contributed by atoms with Gasteiger partial charge >= 0.3 is 0 Å². The Hall–Kier alpha value is -0.600. The quantitative estimate of drug-likeness (QED) is 0.752. The van der Waals surface area contributed by atoms with Crippen molar-refractivity contribution in [3.63, 3.8) is 0 Å². The Morgan fingerprint density at radius 1 is 1.62 bits per heavy atom. The third kappa shape index (κ3) is 2.20. The standard InChI is InChI=1S/C10H13ClN2/c1-7(13-8-4-5-8)9-3-2-6-12-10(9)11/h2-3,6-8,13H,4-5H2,1H3. The second-order valence-electron chi connectivity index (χ2n) is 3.55. The SMILES string of the molecule is CC(NC1CC1)c1cccnc1Cl. The van der Waals surface area contributed by atoms with Crippen LogP contribution in [0.5, 0.6) is 0 Å². The number of rotatable bonds is 3. The molecular formula is C10H13ClN2. The third-order valence-electron chi connectivity index (χ3n) is 2.32. The van der Waals surface area contributed by atoms with Gasteiger partial charge in [-0.05, 0) is 25.8 Å². The van der Waals surface area contributed by atoms with Crippen molar-refractivity contribution < 1.29 is 0 Å². The van der Waals surface area contributed by atoms with Crippen molar-refractivity contribution in [3.8, 4) is 0 Å². The second-order valence-corrected chi connectivity index (χ2v) is 3.90.